The minimum absolute atomic E-state index is 0.0934. The number of ketones is 1. The summed E-state index contributed by atoms with van der Waals surface area (Å²) < 4.78 is 0. The van der Waals surface area contributed by atoms with E-state index in [1.165, 1.54) is 11.8 Å². The fraction of sp³-hybridized carbons (Fsp3) is 0.511. The molecule has 0 bridgehead atoms. The van der Waals surface area contributed by atoms with Crippen LogP contribution < -0.4 is 38.1 Å². The zero-order chi connectivity index (χ0) is 44.6. The highest BCUT2D eigenvalue weighted by atomic mass is 16.2. The third-order valence-corrected chi connectivity index (χ3v) is 11.5. The number of aromatic amines is 1. The lowest BCUT2D eigenvalue weighted by Gasteiger charge is -2.31. The van der Waals surface area contributed by atoms with E-state index in [1.807, 2.05) is 61.5 Å². The first kappa shape index (κ1) is 46.8. The molecule has 17 nitrogen and oxygen atoms in total. The molecule has 62 heavy (non-hydrogen) atoms. The second-order valence-electron chi connectivity index (χ2n) is 16.3. The van der Waals surface area contributed by atoms with Crippen molar-refractivity contribution < 1.29 is 33.6 Å². The minimum atomic E-state index is -1.11. The maximum atomic E-state index is 14.5. The van der Waals surface area contributed by atoms with Crippen molar-refractivity contribution in [2.45, 2.75) is 121 Å². The predicted molar refractivity (Wildman–Crippen MR) is 235 cm³/mol. The summed E-state index contributed by atoms with van der Waals surface area (Å²) in [6, 6.07) is 11.7. The number of carbonyl (C=O) groups is 7. The Bertz CT molecular complexity index is 2070. The van der Waals surface area contributed by atoms with Crippen molar-refractivity contribution >= 4 is 58.1 Å². The van der Waals surface area contributed by atoms with E-state index in [2.05, 4.69) is 36.6 Å². The normalized spacial score (nSPS) is 22.3. The van der Waals surface area contributed by atoms with E-state index >= 15 is 0 Å². The van der Waals surface area contributed by atoms with Crippen molar-refractivity contribution in [3.05, 3.63) is 71.9 Å². The smallest absolute Gasteiger partial charge is 0.245 e. The average molecular weight is 855 g/mol. The maximum Gasteiger partial charge on any atom is 0.245 e. The Balaban J connectivity index is 1.45. The highest BCUT2D eigenvalue weighted by Crippen LogP contribution is 2.23. The van der Waals surface area contributed by atoms with E-state index in [0.717, 1.165) is 28.5 Å². The van der Waals surface area contributed by atoms with Gasteiger partial charge in [-0.1, -0.05) is 68.3 Å². The first-order chi connectivity index (χ1) is 29.8. The highest BCUT2D eigenvalue weighted by molar-refractivity contribution is 5.98. The molecule has 334 valence electrons. The zero-order valence-electron chi connectivity index (χ0n) is 35.8. The van der Waals surface area contributed by atoms with Crippen LogP contribution in [0.15, 0.2) is 65.8 Å². The Morgan fingerprint density at radius 1 is 0.887 bits per heavy atom. The van der Waals surface area contributed by atoms with Crippen molar-refractivity contribution in [2.24, 2.45) is 22.4 Å². The van der Waals surface area contributed by atoms with Gasteiger partial charge in [0.05, 0.1) is 6.04 Å². The number of Topliss-reactive ketones (excluding diaryl/α,β-unsaturated/α-hetero) is 1. The number of nitrogens with one attached hydrogen (secondary N) is 6. The minimum Gasteiger partial charge on any atom is -0.370 e. The second kappa shape index (κ2) is 23.1. The van der Waals surface area contributed by atoms with Gasteiger partial charge < -0.3 is 47.9 Å². The Morgan fingerprint density at radius 3 is 2.37 bits per heavy atom. The van der Waals surface area contributed by atoms with Crippen LogP contribution in [-0.2, 0) is 46.4 Å². The number of benzene rings is 2. The van der Waals surface area contributed by atoms with Crippen molar-refractivity contribution in [3.63, 3.8) is 0 Å². The largest absolute Gasteiger partial charge is 0.370 e. The molecule has 5 rings (SSSR count). The number of guanidine groups is 1. The third-order valence-electron chi connectivity index (χ3n) is 11.5. The molecule has 3 aromatic rings. The van der Waals surface area contributed by atoms with Gasteiger partial charge in [0.15, 0.2) is 11.7 Å². The molecule has 2 fully saturated rings. The van der Waals surface area contributed by atoms with E-state index in [1.54, 1.807) is 6.20 Å². The van der Waals surface area contributed by atoms with Gasteiger partial charge in [-0.05, 0) is 62.1 Å². The maximum absolute atomic E-state index is 14.5. The summed E-state index contributed by atoms with van der Waals surface area (Å²) in [5.41, 5.74) is 13.5. The molecule has 0 aliphatic carbocycles. The van der Waals surface area contributed by atoms with E-state index in [0.29, 0.717) is 25.7 Å². The zero-order valence-corrected chi connectivity index (χ0v) is 35.8. The standard InChI is InChI=1S/C45H62N10O7/c1-3-4-17-34-41(59)54-36(25-31-27-50-33-18-9-8-16-32(31)33)39(57)26-30(15-10-22-49-45(46)47)40(58)48-21-11-19-35(44(62)55-23-12-20-38(55)43(61)52-34)53-42(60)37(51-28(2)56)24-29-13-6-5-7-14-29/h5-9,13-14,16,18,27,30,34-38,50H,3-4,10-12,15,17,19-26H2,1-2H3,(H,48,58)(H,51,56)(H,52,61)(H,53,60)(H,54,59)(H4,46,47,49)/t30-,34-,35+,36+,37+,38+/m1/s1. The van der Waals surface area contributed by atoms with Crippen LogP contribution in [-0.4, -0.2) is 107 Å². The number of nitrogens with two attached hydrogens (primary N) is 2. The summed E-state index contributed by atoms with van der Waals surface area (Å²) in [4.78, 5) is 106. The lowest BCUT2D eigenvalue weighted by molar-refractivity contribution is -0.142. The Labute approximate surface area is 362 Å². The molecule has 2 aliphatic rings. The van der Waals surface area contributed by atoms with Gasteiger partial charge in [-0.15, -0.1) is 0 Å². The number of carbonyl (C=O) groups excluding carboxylic acids is 7. The molecule has 17 heteroatoms. The summed E-state index contributed by atoms with van der Waals surface area (Å²) in [5, 5.41) is 15.2. The number of hydrogen-bond donors (Lipinski definition) is 8. The van der Waals surface area contributed by atoms with Gasteiger partial charge in [0.1, 0.15) is 24.2 Å². The fourth-order valence-corrected chi connectivity index (χ4v) is 8.24. The van der Waals surface area contributed by atoms with Crippen LogP contribution in [0.3, 0.4) is 0 Å². The molecule has 3 heterocycles. The predicted octanol–water partition coefficient (Wildman–Crippen LogP) is 1.63. The summed E-state index contributed by atoms with van der Waals surface area (Å²) >= 11 is 0. The number of amides is 6. The van der Waals surface area contributed by atoms with Gasteiger partial charge in [-0.3, -0.25) is 38.6 Å². The first-order valence-electron chi connectivity index (χ1n) is 21.8. The number of H-pyrrole nitrogens is 1. The van der Waals surface area contributed by atoms with Gasteiger partial charge in [-0.25, -0.2) is 0 Å². The van der Waals surface area contributed by atoms with E-state index in [9.17, 15) is 33.6 Å². The van der Waals surface area contributed by atoms with E-state index in [4.69, 9.17) is 11.5 Å². The third kappa shape index (κ3) is 13.4. The van der Waals surface area contributed by atoms with Crippen molar-refractivity contribution in [3.8, 4) is 0 Å². The van der Waals surface area contributed by atoms with E-state index in [-0.39, 0.29) is 76.3 Å². The quantitative estimate of drug-likeness (QED) is 0.0665. The molecule has 0 saturated carbocycles. The number of aliphatic imine (C=N–C) groups is 1. The molecular formula is C45H62N10O7. The van der Waals surface area contributed by atoms with Crippen molar-refractivity contribution in [2.75, 3.05) is 19.6 Å². The number of aromatic nitrogens is 1. The molecule has 0 unspecified atom stereocenters. The van der Waals surface area contributed by atoms with Gasteiger partial charge in [0.2, 0.25) is 35.4 Å². The molecule has 0 radical (unpaired) electrons. The van der Waals surface area contributed by atoms with Gasteiger partial charge in [0, 0.05) is 68.8 Å². The van der Waals surface area contributed by atoms with Crippen LogP contribution in [0.25, 0.3) is 10.9 Å². The first-order valence-corrected chi connectivity index (χ1v) is 21.8. The van der Waals surface area contributed by atoms with Crippen LogP contribution in [0.2, 0.25) is 0 Å². The van der Waals surface area contributed by atoms with Crippen LogP contribution >= 0.6 is 0 Å². The SMILES string of the molecule is CCCC[C@H]1NC(=O)[C@@H]2CCCN2C(=O)[C@@H](NC(=O)[C@H](Cc2ccccc2)NC(C)=O)CCCNC(=O)[C@H](CCCN=C(N)N)CC(=O)[C@H](Cc2c[nH]c3ccccc23)NC1=O. The average Bonchev–Trinajstić information content (AvgIpc) is 3.91. The summed E-state index contributed by atoms with van der Waals surface area (Å²) in [7, 11) is 0. The molecule has 2 aliphatic heterocycles. The Hall–Kier alpha value is -6.26. The second-order valence-corrected chi connectivity index (χ2v) is 16.3. The fourth-order valence-electron chi connectivity index (χ4n) is 8.24. The van der Waals surface area contributed by atoms with Crippen LogP contribution in [0.1, 0.15) is 89.2 Å². The molecule has 2 saturated heterocycles. The molecule has 2 aromatic carbocycles. The van der Waals surface area contributed by atoms with Gasteiger partial charge >= 0.3 is 0 Å². The van der Waals surface area contributed by atoms with Crippen LogP contribution in [0.4, 0.5) is 0 Å². The number of unbranched alkanes of at least 4 members (excludes halogenated alkanes) is 1. The lowest BCUT2D eigenvalue weighted by Crippen LogP contribution is -2.59. The Morgan fingerprint density at radius 2 is 1.63 bits per heavy atom. The molecular weight excluding hydrogens is 793 g/mol. The number of para-hydroxylation sites is 1. The van der Waals surface area contributed by atoms with Crippen LogP contribution in [0, 0.1) is 5.92 Å². The summed E-state index contributed by atoms with van der Waals surface area (Å²) in [6.45, 7) is 3.86. The molecule has 6 amide bonds. The van der Waals surface area contributed by atoms with Crippen molar-refractivity contribution in [1.82, 2.24) is 36.5 Å². The molecule has 0 spiro atoms. The van der Waals surface area contributed by atoms with E-state index < -0.39 is 71.6 Å². The van der Waals surface area contributed by atoms with Gasteiger partial charge in [0.25, 0.3) is 0 Å². The Kier molecular flexibility index (Phi) is 17.4. The molecule has 1 aromatic heterocycles. The molecule has 6 atom stereocenters. The number of nitrogens with zero attached hydrogens (tertiary/aromatic N) is 2. The lowest BCUT2D eigenvalue weighted by atomic mass is 9.90. The number of fused-ring (bicyclic) bond motifs is 2. The van der Waals surface area contributed by atoms with Crippen LogP contribution in [0.5, 0.6) is 0 Å². The topological polar surface area (TPSA) is 263 Å². The number of hydrogen-bond acceptors (Lipinski definition) is 8. The summed E-state index contributed by atoms with van der Waals surface area (Å²) in [6.07, 6.45) is 5.37. The molecule has 10 N–H and O–H groups in total. The highest BCUT2D eigenvalue weighted by Gasteiger charge is 2.40. The number of rotatable bonds is 14. The van der Waals surface area contributed by atoms with Gasteiger partial charge in [-0.2, -0.15) is 0 Å². The monoisotopic (exact) mass is 854 g/mol. The summed E-state index contributed by atoms with van der Waals surface area (Å²) in [5.74, 6) is -4.20. The van der Waals surface area contributed by atoms with Crippen molar-refractivity contribution in [1.29, 1.82) is 0 Å².